The monoisotopic (exact) mass is 252 g/mol. The first-order valence-corrected chi connectivity index (χ1v) is 4.87. The largest absolute Gasteiger partial charge is 0.493 e. The van der Waals surface area contributed by atoms with Gasteiger partial charge in [0.1, 0.15) is 0 Å². The molecule has 0 aromatic heterocycles. The van der Waals surface area contributed by atoms with Crippen LogP contribution < -0.4 is 15.2 Å². The molecule has 1 aromatic rings. The van der Waals surface area contributed by atoms with E-state index in [-0.39, 0.29) is 11.4 Å². The molecule has 0 saturated carbocycles. The van der Waals surface area contributed by atoms with Gasteiger partial charge in [-0.3, -0.25) is 14.9 Å². The van der Waals surface area contributed by atoms with Gasteiger partial charge in [-0.05, 0) is 6.08 Å². The third-order valence-electron chi connectivity index (χ3n) is 2.13. The number of ether oxygens (including phenoxy) is 2. The number of methoxy groups -OCH3 is 2. The first-order valence-electron chi connectivity index (χ1n) is 4.87. The fourth-order valence-electron chi connectivity index (χ4n) is 1.38. The number of nitro groups is 1. The Hall–Kier alpha value is -2.57. The van der Waals surface area contributed by atoms with Crippen molar-refractivity contribution in [3.8, 4) is 11.5 Å². The quantitative estimate of drug-likeness (QED) is 0.480. The van der Waals surface area contributed by atoms with Crippen molar-refractivity contribution in [1.82, 2.24) is 0 Å². The van der Waals surface area contributed by atoms with Crippen LogP contribution in [0, 0.1) is 10.1 Å². The van der Waals surface area contributed by atoms with Crippen molar-refractivity contribution < 1.29 is 19.2 Å². The van der Waals surface area contributed by atoms with E-state index in [2.05, 4.69) is 0 Å². The number of rotatable bonds is 5. The lowest BCUT2D eigenvalue weighted by Gasteiger charge is -2.10. The molecule has 1 amide bonds. The van der Waals surface area contributed by atoms with Gasteiger partial charge in [0.15, 0.2) is 11.5 Å². The fourth-order valence-corrected chi connectivity index (χ4v) is 1.38. The molecule has 0 radical (unpaired) electrons. The lowest BCUT2D eigenvalue weighted by molar-refractivity contribution is -0.385. The van der Waals surface area contributed by atoms with Crippen LogP contribution in [0.15, 0.2) is 18.2 Å². The number of amides is 1. The van der Waals surface area contributed by atoms with Gasteiger partial charge in [-0.1, -0.05) is 0 Å². The minimum Gasteiger partial charge on any atom is -0.493 e. The summed E-state index contributed by atoms with van der Waals surface area (Å²) in [6.07, 6.45) is 2.41. The Morgan fingerprint density at radius 2 is 2.06 bits per heavy atom. The van der Waals surface area contributed by atoms with Crippen molar-refractivity contribution >= 4 is 17.7 Å². The summed E-state index contributed by atoms with van der Waals surface area (Å²) in [5.41, 5.74) is 5.13. The van der Waals surface area contributed by atoms with Gasteiger partial charge in [-0.15, -0.1) is 0 Å². The minimum atomic E-state index is -0.664. The molecule has 0 aliphatic heterocycles. The maximum absolute atomic E-state index is 10.8. The predicted octanol–water partition coefficient (Wildman–Crippen LogP) is 1.11. The third-order valence-corrected chi connectivity index (χ3v) is 2.13. The van der Waals surface area contributed by atoms with Crippen molar-refractivity contribution in [3.05, 3.63) is 33.9 Å². The van der Waals surface area contributed by atoms with E-state index in [1.54, 1.807) is 0 Å². The Balaban J connectivity index is 3.39. The molecule has 0 unspecified atom stereocenters. The summed E-state index contributed by atoms with van der Waals surface area (Å²) in [4.78, 5) is 20.9. The zero-order chi connectivity index (χ0) is 13.7. The van der Waals surface area contributed by atoms with Gasteiger partial charge in [-0.25, -0.2) is 0 Å². The molecule has 7 nitrogen and oxygen atoms in total. The topological polar surface area (TPSA) is 105 Å². The zero-order valence-electron chi connectivity index (χ0n) is 9.88. The molecule has 0 bridgehead atoms. The van der Waals surface area contributed by atoms with Crippen LogP contribution in [-0.4, -0.2) is 25.1 Å². The molecular formula is C11H12N2O5. The van der Waals surface area contributed by atoms with Crippen molar-refractivity contribution in [3.63, 3.8) is 0 Å². The number of nitrogens with zero attached hydrogens (tertiary/aromatic N) is 1. The second-order valence-corrected chi connectivity index (χ2v) is 3.26. The number of benzene rings is 1. The maximum Gasteiger partial charge on any atom is 0.274 e. The van der Waals surface area contributed by atoms with E-state index < -0.39 is 10.8 Å². The van der Waals surface area contributed by atoms with Crippen LogP contribution in [0.1, 0.15) is 5.56 Å². The summed E-state index contributed by atoms with van der Waals surface area (Å²) in [5, 5.41) is 10.8. The number of carbonyl (C=O) groups excluding carboxylic acids is 1. The summed E-state index contributed by atoms with van der Waals surface area (Å²) < 4.78 is 10.1. The molecule has 18 heavy (non-hydrogen) atoms. The molecule has 0 aliphatic carbocycles. The molecule has 1 aromatic carbocycles. The average molecular weight is 252 g/mol. The van der Waals surface area contributed by atoms with Crippen LogP contribution in [0.3, 0.4) is 0 Å². The van der Waals surface area contributed by atoms with E-state index in [4.69, 9.17) is 15.2 Å². The van der Waals surface area contributed by atoms with Gasteiger partial charge in [-0.2, -0.15) is 0 Å². The number of primary amides is 1. The summed E-state index contributed by atoms with van der Waals surface area (Å²) in [6, 6.07) is 2.50. The van der Waals surface area contributed by atoms with Gasteiger partial charge in [0.2, 0.25) is 5.91 Å². The Morgan fingerprint density at radius 1 is 1.39 bits per heavy atom. The number of hydrogen-bond acceptors (Lipinski definition) is 5. The van der Waals surface area contributed by atoms with Crippen LogP contribution in [0.25, 0.3) is 6.08 Å². The van der Waals surface area contributed by atoms with Crippen LogP contribution >= 0.6 is 0 Å². The number of nitro benzene ring substituents is 1. The van der Waals surface area contributed by atoms with E-state index in [0.717, 1.165) is 6.08 Å². The summed E-state index contributed by atoms with van der Waals surface area (Å²) in [5.74, 6) is -0.168. The molecule has 7 heteroatoms. The molecule has 0 aliphatic rings. The minimum absolute atomic E-state index is 0.170. The van der Waals surface area contributed by atoms with Crippen LogP contribution in [0.4, 0.5) is 5.69 Å². The van der Waals surface area contributed by atoms with E-state index in [1.807, 2.05) is 0 Å². The van der Waals surface area contributed by atoms with Crippen molar-refractivity contribution in [1.29, 1.82) is 0 Å². The van der Waals surface area contributed by atoms with Gasteiger partial charge in [0.05, 0.1) is 25.2 Å². The van der Waals surface area contributed by atoms with Crippen LogP contribution in [0.5, 0.6) is 11.5 Å². The summed E-state index contributed by atoms with van der Waals surface area (Å²) >= 11 is 0. The summed E-state index contributed by atoms with van der Waals surface area (Å²) in [7, 11) is 2.76. The molecule has 0 fully saturated rings. The highest BCUT2D eigenvalue weighted by atomic mass is 16.6. The Kier molecular flexibility index (Phi) is 4.25. The number of nitrogens with two attached hydrogens (primary N) is 1. The number of carbonyl (C=O) groups is 1. The molecule has 0 saturated heterocycles. The summed E-state index contributed by atoms with van der Waals surface area (Å²) in [6.45, 7) is 0. The van der Waals surface area contributed by atoms with E-state index in [0.29, 0.717) is 11.3 Å². The first-order chi connectivity index (χ1) is 8.49. The van der Waals surface area contributed by atoms with E-state index in [1.165, 1.54) is 32.4 Å². The SMILES string of the molecule is COc1cc([N+](=O)[O-])cc(/C=C\C(N)=O)c1OC. The lowest BCUT2D eigenvalue weighted by atomic mass is 10.1. The molecule has 0 atom stereocenters. The van der Waals surface area contributed by atoms with Crippen LogP contribution in [-0.2, 0) is 4.79 Å². The molecular weight excluding hydrogens is 240 g/mol. The highest BCUT2D eigenvalue weighted by Gasteiger charge is 2.16. The highest BCUT2D eigenvalue weighted by Crippen LogP contribution is 2.36. The Labute approximate surface area is 103 Å². The first kappa shape index (κ1) is 13.5. The smallest absolute Gasteiger partial charge is 0.274 e. The predicted molar refractivity (Wildman–Crippen MR) is 64.4 cm³/mol. The van der Waals surface area contributed by atoms with E-state index >= 15 is 0 Å². The van der Waals surface area contributed by atoms with Gasteiger partial charge in [0.25, 0.3) is 5.69 Å². The van der Waals surface area contributed by atoms with Gasteiger partial charge in [0, 0.05) is 17.7 Å². The van der Waals surface area contributed by atoms with Gasteiger partial charge < -0.3 is 15.2 Å². The molecule has 0 spiro atoms. The Bertz CT molecular complexity index is 510. The second kappa shape index (κ2) is 5.67. The highest BCUT2D eigenvalue weighted by molar-refractivity contribution is 5.91. The zero-order valence-corrected chi connectivity index (χ0v) is 9.88. The van der Waals surface area contributed by atoms with E-state index in [9.17, 15) is 14.9 Å². The lowest BCUT2D eigenvalue weighted by Crippen LogP contribution is -2.05. The molecule has 0 heterocycles. The standard InChI is InChI=1S/C11H12N2O5/c1-17-9-6-8(13(15)16)5-7(11(9)18-2)3-4-10(12)14/h3-6H,1-2H3,(H2,12,14)/b4-3-. The maximum atomic E-state index is 10.8. The molecule has 2 N–H and O–H groups in total. The number of hydrogen-bond donors (Lipinski definition) is 1. The number of non-ortho nitro benzene ring substituents is 1. The normalized spacial score (nSPS) is 10.3. The third kappa shape index (κ3) is 2.97. The Morgan fingerprint density at radius 3 is 2.50 bits per heavy atom. The van der Waals surface area contributed by atoms with Crippen molar-refractivity contribution in [2.45, 2.75) is 0 Å². The van der Waals surface area contributed by atoms with Crippen molar-refractivity contribution in [2.75, 3.05) is 14.2 Å². The second-order valence-electron chi connectivity index (χ2n) is 3.26. The fraction of sp³-hybridized carbons (Fsp3) is 0.182. The molecule has 1 rings (SSSR count). The van der Waals surface area contributed by atoms with Crippen LogP contribution in [0.2, 0.25) is 0 Å². The van der Waals surface area contributed by atoms with Gasteiger partial charge >= 0.3 is 0 Å². The average Bonchev–Trinajstić information content (AvgIpc) is 2.34. The molecule has 96 valence electrons. The van der Waals surface area contributed by atoms with Crippen molar-refractivity contribution in [2.24, 2.45) is 5.73 Å².